The molecule has 4 nitrogen and oxygen atoms in total. The van der Waals surface area contributed by atoms with Crippen LogP contribution in [0.15, 0.2) is 59.7 Å². The van der Waals surface area contributed by atoms with Gasteiger partial charge in [-0.25, -0.2) is 5.43 Å². The maximum atomic E-state index is 12.6. The predicted octanol–water partition coefficient (Wildman–Crippen LogP) is 5.10. The number of benzene rings is 2. The second-order valence-electron chi connectivity index (χ2n) is 6.66. The van der Waals surface area contributed by atoms with E-state index in [0.717, 1.165) is 37.0 Å². The van der Waals surface area contributed by atoms with Crippen molar-refractivity contribution in [2.24, 2.45) is 5.10 Å². The largest absolute Gasteiger partial charge is 0.488 e. The van der Waals surface area contributed by atoms with Crippen molar-refractivity contribution in [3.8, 4) is 5.75 Å². The van der Waals surface area contributed by atoms with Crippen molar-refractivity contribution in [2.45, 2.75) is 51.6 Å². The zero-order chi connectivity index (χ0) is 18.0. The minimum absolute atomic E-state index is 0.219. The van der Waals surface area contributed by atoms with Crippen LogP contribution in [0.5, 0.6) is 5.75 Å². The summed E-state index contributed by atoms with van der Waals surface area (Å²) in [5.74, 6) is 0.356. The molecule has 1 aliphatic carbocycles. The Balaban J connectivity index is 1.63. The number of nitrogens with one attached hydrogen (secondary N) is 1. The summed E-state index contributed by atoms with van der Waals surface area (Å²) in [4.78, 5) is 12.6. The Labute approximate surface area is 155 Å². The number of hydrogen-bond donors (Lipinski definition) is 1. The van der Waals surface area contributed by atoms with Crippen LogP contribution < -0.4 is 10.2 Å². The predicted molar refractivity (Wildman–Crippen MR) is 104 cm³/mol. The van der Waals surface area contributed by atoms with Gasteiger partial charge in [0.1, 0.15) is 12.4 Å². The van der Waals surface area contributed by atoms with Crippen LogP contribution in [0.3, 0.4) is 0 Å². The van der Waals surface area contributed by atoms with Crippen molar-refractivity contribution in [3.63, 3.8) is 0 Å². The Morgan fingerprint density at radius 3 is 2.31 bits per heavy atom. The quantitative estimate of drug-likeness (QED) is 0.763. The molecule has 0 atom stereocenters. The molecule has 4 heteroatoms. The summed E-state index contributed by atoms with van der Waals surface area (Å²) in [7, 11) is 0. The SMILES string of the molecule is O=C(NN=C1CCCCCCC1)c1ccccc1OCc1ccccc1. The van der Waals surface area contributed by atoms with Crippen LogP contribution >= 0.6 is 0 Å². The second-order valence-corrected chi connectivity index (χ2v) is 6.66. The molecule has 26 heavy (non-hydrogen) atoms. The molecule has 2 aromatic rings. The van der Waals surface area contributed by atoms with Gasteiger partial charge in [-0.15, -0.1) is 0 Å². The zero-order valence-electron chi connectivity index (χ0n) is 15.1. The third-order valence-corrected chi connectivity index (χ3v) is 4.62. The van der Waals surface area contributed by atoms with Crippen LogP contribution in [-0.4, -0.2) is 11.6 Å². The lowest BCUT2D eigenvalue weighted by Crippen LogP contribution is -2.21. The molecular weight excluding hydrogens is 324 g/mol. The number of hydrazone groups is 1. The van der Waals surface area contributed by atoms with Gasteiger partial charge in [-0.1, -0.05) is 61.7 Å². The highest BCUT2D eigenvalue weighted by Crippen LogP contribution is 2.20. The Kier molecular flexibility index (Phi) is 6.82. The molecule has 1 fully saturated rings. The standard InChI is InChI=1S/C22H26N2O2/c25-22(24-23-19-13-7-2-1-3-8-14-19)20-15-9-10-16-21(20)26-17-18-11-5-4-6-12-18/h4-6,9-12,15-16H,1-3,7-8,13-14,17H2,(H,24,25). The Bertz CT molecular complexity index is 731. The molecule has 0 radical (unpaired) electrons. The molecular formula is C22H26N2O2. The van der Waals surface area contributed by atoms with Crippen molar-refractivity contribution in [2.75, 3.05) is 0 Å². The first-order valence-corrected chi connectivity index (χ1v) is 9.44. The van der Waals surface area contributed by atoms with E-state index in [0.29, 0.717) is 17.9 Å². The van der Waals surface area contributed by atoms with Crippen molar-refractivity contribution >= 4 is 11.6 Å². The van der Waals surface area contributed by atoms with Gasteiger partial charge in [0.2, 0.25) is 0 Å². The van der Waals surface area contributed by atoms with E-state index in [4.69, 9.17) is 4.74 Å². The summed E-state index contributed by atoms with van der Waals surface area (Å²) < 4.78 is 5.86. The van der Waals surface area contributed by atoms with Crippen LogP contribution in [0.2, 0.25) is 0 Å². The first kappa shape index (κ1) is 18.2. The molecule has 2 aromatic carbocycles. The monoisotopic (exact) mass is 350 g/mol. The van der Waals surface area contributed by atoms with E-state index in [-0.39, 0.29) is 5.91 Å². The number of ether oxygens (including phenoxy) is 1. The van der Waals surface area contributed by atoms with Crippen LogP contribution in [0.1, 0.15) is 60.9 Å². The van der Waals surface area contributed by atoms with Crippen molar-refractivity contribution < 1.29 is 9.53 Å². The lowest BCUT2D eigenvalue weighted by molar-refractivity contribution is 0.0950. The van der Waals surface area contributed by atoms with E-state index in [9.17, 15) is 4.79 Å². The van der Waals surface area contributed by atoms with Gasteiger partial charge >= 0.3 is 0 Å². The highest BCUT2D eigenvalue weighted by molar-refractivity contribution is 5.97. The molecule has 3 rings (SSSR count). The average Bonchev–Trinajstić information content (AvgIpc) is 2.66. The molecule has 1 N–H and O–H groups in total. The molecule has 0 spiro atoms. The van der Waals surface area contributed by atoms with E-state index in [1.165, 1.54) is 19.3 Å². The number of rotatable bonds is 5. The lowest BCUT2D eigenvalue weighted by atomic mass is 9.99. The molecule has 0 unspecified atom stereocenters. The average molecular weight is 350 g/mol. The number of amides is 1. The summed E-state index contributed by atoms with van der Waals surface area (Å²) in [6.07, 6.45) is 8.09. The molecule has 1 amide bonds. The van der Waals surface area contributed by atoms with E-state index in [1.54, 1.807) is 6.07 Å². The maximum Gasteiger partial charge on any atom is 0.275 e. The van der Waals surface area contributed by atoms with Gasteiger partial charge < -0.3 is 4.74 Å². The first-order valence-electron chi connectivity index (χ1n) is 9.44. The summed E-state index contributed by atoms with van der Waals surface area (Å²) in [6, 6.07) is 17.2. The van der Waals surface area contributed by atoms with Gasteiger partial charge in [0.05, 0.1) is 5.56 Å². The summed E-state index contributed by atoms with van der Waals surface area (Å²) >= 11 is 0. The van der Waals surface area contributed by atoms with Crippen LogP contribution in [0.25, 0.3) is 0 Å². The van der Waals surface area contributed by atoms with Gasteiger partial charge in [-0.05, 0) is 43.4 Å². The molecule has 0 bridgehead atoms. The van der Waals surface area contributed by atoms with Gasteiger partial charge in [0.15, 0.2) is 0 Å². The van der Waals surface area contributed by atoms with E-state index < -0.39 is 0 Å². The van der Waals surface area contributed by atoms with Crippen molar-refractivity contribution in [1.29, 1.82) is 0 Å². The van der Waals surface area contributed by atoms with E-state index in [2.05, 4.69) is 10.5 Å². The molecule has 1 saturated carbocycles. The summed E-state index contributed by atoms with van der Waals surface area (Å²) in [5, 5.41) is 4.38. The number of carbonyl (C=O) groups excluding carboxylic acids is 1. The second kappa shape index (κ2) is 9.76. The minimum Gasteiger partial charge on any atom is -0.488 e. The summed E-state index contributed by atoms with van der Waals surface area (Å²) in [5.41, 5.74) is 5.40. The molecule has 0 aliphatic heterocycles. The fourth-order valence-electron chi connectivity index (χ4n) is 3.13. The van der Waals surface area contributed by atoms with Crippen LogP contribution in [0, 0.1) is 0 Å². The molecule has 0 heterocycles. The smallest absolute Gasteiger partial charge is 0.275 e. The molecule has 136 valence electrons. The Morgan fingerprint density at radius 1 is 0.885 bits per heavy atom. The van der Waals surface area contributed by atoms with Crippen molar-refractivity contribution in [3.05, 3.63) is 65.7 Å². The topological polar surface area (TPSA) is 50.7 Å². The highest BCUT2D eigenvalue weighted by atomic mass is 16.5. The van der Waals surface area contributed by atoms with Crippen molar-refractivity contribution in [1.82, 2.24) is 5.43 Å². The van der Waals surface area contributed by atoms with E-state index in [1.807, 2.05) is 48.5 Å². The highest BCUT2D eigenvalue weighted by Gasteiger charge is 2.12. The molecule has 1 aliphatic rings. The molecule has 0 saturated heterocycles. The zero-order valence-corrected chi connectivity index (χ0v) is 15.1. The lowest BCUT2D eigenvalue weighted by Gasteiger charge is -2.12. The number of carbonyl (C=O) groups is 1. The Hall–Kier alpha value is -2.62. The fraction of sp³-hybridized carbons (Fsp3) is 0.364. The normalized spacial score (nSPS) is 14.8. The van der Waals surface area contributed by atoms with Gasteiger partial charge in [0, 0.05) is 5.71 Å². The third-order valence-electron chi connectivity index (χ3n) is 4.62. The van der Waals surface area contributed by atoms with Crippen LogP contribution in [-0.2, 0) is 6.61 Å². The van der Waals surface area contributed by atoms with E-state index >= 15 is 0 Å². The van der Waals surface area contributed by atoms with Crippen LogP contribution in [0.4, 0.5) is 0 Å². The maximum absolute atomic E-state index is 12.6. The summed E-state index contributed by atoms with van der Waals surface area (Å²) in [6.45, 7) is 0.430. The number of para-hydroxylation sites is 1. The first-order chi connectivity index (χ1) is 12.8. The number of hydrogen-bond acceptors (Lipinski definition) is 3. The fourth-order valence-corrected chi connectivity index (χ4v) is 3.13. The van der Waals surface area contributed by atoms with Gasteiger partial charge in [0.25, 0.3) is 5.91 Å². The van der Waals surface area contributed by atoms with Gasteiger partial charge in [-0.2, -0.15) is 5.10 Å². The Morgan fingerprint density at radius 2 is 1.54 bits per heavy atom. The minimum atomic E-state index is -0.219. The number of nitrogens with zero attached hydrogens (tertiary/aromatic N) is 1. The molecule has 0 aromatic heterocycles. The third kappa shape index (κ3) is 5.45. The van der Waals surface area contributed by atoms with Gasteiger partial charge in [-0.3, -0.25) is 4.79 Å².